The van der Waals surface area contributed by atoms with Crippen molar-refractivity contribution in [1.29, 1.82) is 0 Å². The van der Waals surface area contributed by atoms with Crippen LogP contribution in [-0.2, 0) is 17.8 Å². The van der Waals surface area contributed by atoms with Crippen LogP contribution in [-0.4, -0.2) is 36.5 Å². The summed E-state index contributed by atoms with van der Waals surface area (Å²) in [6.07, 6.45) is 2.28. The molecule has 3 rings (SSSR count). The second-order valence-corrected chi connectivity index (χ2v) is 6.60. The minimum Gasteiger partial charge on any atom is -0.493 e. The highest BCUT2D eigenvalue weighted by Crippen LogP contribution is 2.31. The lowest BCUT2D eigenvalue weighted by molar-refractivity contribution is -0.116. The molecule has 0 aliphatic rings. The number of ether oxygens (including phenoxy) is 3. The van der Waals surface area contributed by atoms with Gasteiger partial charge in [0.25, 0.3) is 0 Å². The van der Waals surface area contributed by atoms with Crippen molar-refractivity contribution in [2.45, 2.75) is 26.0 Å². The van der Waals surface area contributed by atoms with E-state index >= 15 is 0 Å². The monoisotopic (exact) mass is 431 g/mol. The van der Waals surface area contributed by atoms with E-state index in [1.165, 1.54) is 12.1 Å². The number of carbonyl (C=O) groups is 1. The maximum absolute atomic E-state index is 12.4. The van der Waals surface area contributed by atoms with Gasteiger partial charge in [-0.1, -0.05) is 24.3 Å². The number of methoxy groups -OCH3 is 2. The molecule has 0 atom stereocenters. The zero-order valence-electron chi connectivity index (χ0n) is 17.2. The van der Waals surface area contributed by atoms with Crippen LogP contribution in [0.5, 0.6) is 17.2 Å². The SMILES string of the molecule is COc1cccc(Cn2nccc2NC(=O)CCc2ccc(OC(F)F)cc2)c1OC. The van der Waals surface area contributed by atoms with Crippen LogP contribution in [0.2, 0.25) is 0 Å². The zero-order valence-corrected chi connectivity index (χ0v) is 17.2. The quantitative estimate of drug-likeness (QED) is 0.523. The van der Waals surface area contributed by atoms with Crippen LogP contribution >= 0.6 is 0 Å². The lowest BCUT2D eigenvalue weighted by Gasteiger charge is -2.14. The maximum Gasteiger partial charge on any atom is 0.387 e. The summed E-state index contributed by atoms with van der Waals surface area (Å²) in [5, 5.41) is 7.13. The number of aromatic nitrogens is 2. The van der Waals surface area contributed by atoms with Crippen molar-refractivity contribution < 1.29 is 27.8 Å². The van der Waals surface area contributed by atoms with E-state index in [1.54, 1.807) is 49.4 Å². The summed E-state index contributed by atoms with van der Waals surface area (Å²) < 4.78 is 41.2. The Bertz CT molecular complexity index is 1010. The third-order valence-corrected chi connectivity index (χ3v) is 4.58. The number of para-hydroxylation sites is 1. The molecule has 0 spiro atoms. The Balaban J connectivity index is 1.59. The number of anilines is 1. The predicted octanol–water partition coefficient (Wildman–Crippen LogP) is 4.12. The van der Waals surface area contributed by atoms with Gasteiger partial charge in [0.2, 0.25) is 5.91 Å². The molecule has 1 amide bonds. The Kier molecular flexibility index (Phi) is 7.42. The molecule has 0 aliphatic carbocycles. The number of nitrogens with one attached hydrogen (secondary N) is 1. The maximum atomic E-state index is 12.4. The molecule has 0 bridgehead atoms. The molecule has 7 nitrogen and oxygen atoms in total. The van der Waals surface area contributed by atoms with E-state index in [4.69, 9.17) is 9.47 Å². The molecular formula is C22H23F2N3O4. The molecule has 164 valence electrons. The van der Waals surface area contributed by atoms with E-state index in [9.17, 15) is 13.6 Å². The Hall–Kier alpha value is -3.62. The number of nitrogens with zero attached hydrogens (tertiary/aromatic N) is 2. The first-order valence-electron chi connectivity index (χ1n) is 9.55. The molecule has 9 heteroatoms. The Morgan fingerprint density at radius 2 is 1.87 bits per heavy atom. The van der Waals surface area contributed by atoms with Crippen LogP contribution in [0.15, 0.2) is 54.7 Å². The smallest absolute Gasteiger partial charge is 0.387 e. The molecule has 1 aromatic heterocycles. The minimum atomic E-state index is -2.86. The van der Waals surface area contributed by atoms with E-state index in [-0.39, 0.29) is 18.1 Å². The number of aryl methyl sites for hydroxylation is 1. The Morgan fingerprint density at radius 1 is 1.10 bits per heavy atom. The first kappa shape index (κ1) is 22.1. The predicted molar refractivity (Wildman–Crippen MR) is 111 cm³/mol. The summed E-state index contributed by atoms with van der Waals surface area (Å²) >= 11 is 0. The molecule has 2 aromatic carbocycles. The number of benzene rings is 2. The number of halogens is 2. The second-order valence-electron chi connectivity index (χ2n) is 6.60. The van der Waals surface area contributed by atoms with Crippen molar-refractivity contribution >= 4 is 11.7 Å². The second kappa shape index (κ2) is 10.4. The van der Waals surface area contributed by atoms with E-state index < -0.39 is 6.61 Å². The van der Waals surface area contributed by atoms with Crippen molar-refractivity contribution in [3.8, 4) is 17.2 Å². The molecule has 1 heterocycles. The lowest BCUT2D eigenvalue weighted by Crippen LogP contribution is -2.16. The third-order valence-electron chi connectivity index (χ3n) is 4.58. The topological polar surface area (TPSA) is 74.6 Å². The van der Waals surface area contributed by atoms with Crippen LogP contribution in [0.1, 0.15) is 17.5 Å². The number of hydrogen-bond acceptors (Lipinski definition) is 5. The van der Waals surface area contributed by atoms with Gasteiger partial charge in [0, 0.05) is 18.1 Å². The molecule has 0 saturated carbocycles. The number of alkyl halides is 2. The van der Waals surface area contributed by atoms with Gasteiger partial charge in [0.05, 0.1) is 27.0 Å². The number of amides is 1. The van der Waals surface area contributed by atoms with Crippen LogP contribution in [0, 0.1) is 0 Å². The fraction of sp³-hybridized carbons (Fsp3) is 0.273. The van der Waals surface area contributed by atoms with Crippen molar-refractivity contribution in [3.63, 3.8) is 0 Å². The fourth-order valence-corrected chi connectivity index (χ4v) is 3.11. The number of carbonyl (C=O) groups excluding carboxylic acids is 1. The van der Waals surface area contributed by atoms with Gasteiger partial charge in [0.1, 0.15) is 11.6 Å². The average molecular weight is 431 g/mol. The highest BCUT2D eigenvalue weighted by atomic mass is 19.3. The van der Waals surface area contributed by atoms with Crippen molar-refractivity contribution in [1.82, 2.24) is 9.78 Å². The van der Waals surface area contributed by atoms with Crippen LogP contribution in [0.3, 0.4) is 0 Å². The number of rotatable bonds is 10. The Labute approximate surface area is 178 Å². The van der Waals surface area contributed by atoms with E-state index in [0.717, 1.165) is 11.1 Å². The number of hydrogen-bond donors (Lipinski definition) is 1. The molecule has 0 saturated heterocycles. The molecule has 0 unspecified atom stereocenters. The average Bonchev–Trinajstić information content (AvgIpc) is 3.19. The third kappa shape index (κ3) is 5.94. The summed E-state index contributed by atoms with van der Waals surface area (Å²) in [5.74, 6) is 1.67. The summed E-state index contributed by atoms with van der Waals surface area (Å²) in [6, 6.07) is 13.5. The highest BCUT2D eigenvalue weighted by molar-refractivity contribution is 5.90. The van der Waals surface area contributed by atoms with Crippen LogP contribution in [0.25, 0.3) is 0 Å². The van der Waals surface area contributed by atoms with Gasteiger partial charge in [-0.05, 0) is 30.2 Å². The van der Waals surface area contributed by atoms with Gasteiger partial charge in [-0.3, -0.25) is 4.79 Å². The first-order valence-corrected chi connectivity index (χ1v) is 9.55. The van der Waals surface area contributed by atoms with E-state index in [0.29, 0.717) is 30.3 Å². The van der Waals surface area contributed by atoms with Crippen molar-refractivity contribution in [3.05, 3.63) is 65.9 Å². The Morgan fingerprint density at radius 3 is 2.55 bits per heavy atom. The molecule has 0 aliphatic heterocycles. The van der Waals surface area contributed by atoms with Gasteiger partial charge in [-0.15, -0.1) is 0 Å². The standard InChI is InChI=1S/C22H23F2N3O4/c1-29-18-5-3-4-16(21(18)30-2)14-27-19(12-13-25-27)26-20(28)11-8-15-6-9-17(10-7-15)31-22(23)24/h3-7,9-10,12-13,22H,8,11,14H2,1-2H3,(H,26,28). The molecule has 1 N–H and O–H groups in total. The molecule has 0 fully saturated rings. The largest absolute Gasteiger partial charge is 0.493 e. The van der Waals surface area contributed by atoms with Gasteiger partial charge in [0.15, 0.2) is 11.5 Å². The molecule has 31 heavy (non-hydrogen) atoms. The summed E-state index contributed by atoms with van der Waals surface area (Å²) in [4.78, 5) is 12.4. The first-order chi connectivity index (χ1) is 15.0. The molecule has 0 radical (unpaired) electrons. The van der Waals surface area contributed by atoms with Crippen molar-refractivity contribution in [2.24, 2.45) is 0 Å². The summed E-state index contributed by atoms with van der Waals surface area (Å²) in [7, 11) is 3.14. The minimum absolute atomic E-state index is 0.0834. The van der Waals surface area contributed by atoms with Crippen molar-refractivity contribution in [2.75, 3.05) is 19.5 Å². The lowest BCUT2D eigenvalue weighted by atomic mass is 10.1. The van der Waals surface area contributed by atoms with E-state index in [1.807, 2.05) is 12.1 Å². The fourth-order valence-electron chi connectivity index (χ4n) is 3.11. The molecular weight excluding hydrogens is 408 g/mol. The normalized spacial score (nSPS) is 10.7. The van der Waals surface area contributed by atoms with E-state index in [2.05, 4.69) is 15.2 Å². The van der Waals surface area contributed by atoms with Gasteiger partial charge >= 0.3 is 6.61 Å². The summed E-state index contributed by atoms with van der Waals surface area (Å²) in [6.45, 7) is -2.48. The van der Waals surface area contributed by atoms with Crippen LogP contribution < -0.4 is 19.5 Å². The summed E-state index contributed by atoms with van der Waals surface area (Å²) in [5.41, 5.74) is 1.69. The van der Waals surface area contributed by atoms with Crippen LogP contribution in [0.4, 0.5) is 14.6 Å². The van der Waals surface area contributed by atoms with Gasteiger partial charge < -0.3 is 19.5 Å². The van der Waals surface area contributed by atoms with Gasteiger partial charge in [-0.2, -0.15) is 13.9 Å². The zero-order chi connectivity index (χ0) is 22.2. The van der Waals surface area contributed by atoms with Gasteiger partial charge in [-0.25, -0.2) is 4.68 Å². The highest BCUT2D eigenvalue weighted by Gasteiger charge is 2.13. The molecule has 3 aromatic rings.